The molecule has 2 amide bonds. The maximum Gasteiger partial charge on any atom is 0.263 e. The van der Waals surface area contributed by atoms with Crippen LogP contribution in [0.4, 0.5) is 0 Å². The zero-order chi connectivity index (χ0) is 19.1. The van der Waals surface area contributed by atoms with Crippen LogP contribution in [0, 0.1) is 6.92 Å². The Balaban J connectivity index is 1.32. The Bertz CT molecular complexity index is 753. The summed E-state index contributed by atoms with van der Waals surface area (Å²) in [4.78, 5) is 27.1. The number of benzene rings is 1. The van der Waals surface area contributed by atoms with E-state index in [0.717, 1.165) is 29.0 Å². The Hall–Kier alpha value is -2.34. The quantitative estimate of drug-likeness (QED) is 0.739. The van der Waals surface area contributed by atoms with E-state index in [1.54, 1.807) is 0 Å². The minimum atomic E-state index is 0.0615. The van der Waals surface area contributed by atoms with Gasteiger partial charge in [0.25, 0.3) is 5.91 Å². The molecule has 5 nitrogen and oxygen atoms in total. The smallest absolute Gasteiger partial charge is 0.263 e. The van der Waals surface area contributed by atoms with E-state index in [1.807, 2.05) is 53.6 Å². The second-order valence-corrected chi connectivity index (χ2v) is 7.78. The number of nitrogens with zero attached hydrogens (tertiary/aromatic N) is 1. The van der Waals surface area contributed by atoms with E-state index < -0.39 is 0 Å². The Morgan fingerprint density at radius 2 is 1.96 bits per heavy atom. The average Bonchev–Trinajstić information content (AvgIpc) is 3.21. The Labute approximate surface area is 164 Å². The lowest BCUT2D eigenvalue weighted by Crippen LogP contribution is -2.46. The molecule has 0 aliphatic carbocycles. The standard InChI is InChI=1S/C21H26N2O3S/c1-16-6-2-3-7-18(16)26-14-4-9-20(24)22-17-10-12-23(13-11-17)21(25)19-8-5-15-27-19/h2-3,5-8,15,17H,4,9-14H2,1H3,(H,22,24). The molecule has 0 radical (unpaired) electrons. The van der Waals surface area contributed by atoms with Gasteiger partial charge in [0, 0.05) is 25.6 Å². The van der Waals surface area contributed by atoms with E-state index in [1.165, 1.54) is 11.3 Å². The third-order valence-electron chi connectivity index (χ3n) is 4.78. The Kier molecular flexibility index (Phi) is 6.87. The van der Waals surface area contributed by atoms with Crippen LogP contribution >= 0.6 is 11.3 Å². The molecular formula is C21H26N2O3S. The number of likely N-dealkylation sites (tertiary alicyclic amines) is 1. The van der Waals surface area contributed by atoms with Gasteiger partial charge in [0.2, 0.25) is 5.91 Å². The lowest BCUT2D eigenvalue weighted by Gasteiger charge is -2.32. The summed E-state index contributed by atoms with van der Waals surface area (Å²) in [5, 5.41) is 5.01. The molecule has 2 heterocycles. The number of hydrogen-bond donors (Lipinski definition) is 1. The molecule has 1 N–H and O–H groups in total. The molecule has 1 aliphatic heterocycles. The maximum atomic E-state index is 12.3. The predicted molar refractivity (Wildman–Crippen MR) is 107 cm³/mol. The minimum Gasteiger partial charge on any atom is -0.493 e. The zero-order valence-electron chi connectivity index (χ0n) is 15.6. The molecule has 1 saturated heterocycles. The van der Waals surface area contributed by atoms with Crippen LogP contribution in [-0.2, 0) is 4.79 Å². The number of carbonyl (C=O) groups excluding carboxylic acids is 2. The van der Waals surface area contributed by atoms with Gasteiger partial charge < -0.3 is 15.0 Å². The van der Waals surface area contributed by atoms with E-state index in [0.29, 0.717) is 32.5 Å². The van der Waals surface area contributed by atoms with Crippen LogP contribution in [0.15, 0.2) is 41.8 Å². The number of para-hydroxylation sites is 1. The van der Waals surface area contributed by atoms with E-state index in [-0.39, 0.29) is 17.9 Å². The molecule has 144 valence electrons. The van der Waals surface area contributed by atoms with Crippen LogP contribution < -0.4 is 10.1 Å². The molecule has 3 rings (SSSR count). The van der Waals surface area contributed by atoms with Crippen LogP contribution in [0.25, 0.3) is 0 Å². The first-order valence-electron chi connectivity index (χ1n) is 9.44. The number of thiophene rings is 1. The summed E-state index contributed by atoms with van der Waals surface area (Å²) >= 11 is 1.47. The largest absolute Gasteiger partial charge is 0.493 e. The molecule has 1 aromatic heterocycles. The summed E-state index contributed by atoms with van der Waals surface area (Å²) in [5.74, 6) is 1.04. The number of hydrogen-bond acceptors (Lipinski definition) is 4. The van der Waals surface area contributed by atoms with Gasteiger partial charge in [-0.1, -0.05) is 24.3 Å². The number of nitrogens with one attached hydrogen (secondary N) is 1. The highest BCUT2D eigenvalue weighted by atomic mass is 32.1. The fourth-order valence-corrected chi connectivity index (χ4v) is 3.91. The normalized spacial score (nSPS) is 14.8. The number of rotatable bonds is 7. The van der Waals surface area contributed by atoms with Crippen molar-refractivity contribution in [3.05, 3.63) is 52.2 Å². The average molecular weight is 387 g/mol. The number of aryl methyl sites for hydroxylation is 1. The summed E-state index contributed by atoms with van der Waals surface area (Å²) in [6.45, 7) is 3.93. The van der Waals surface area contributed by atoms with Gasteiger partial charge in [0.05, 0.1) is 11.5 Å². The van der Waals surface area contributed by atoms with Crippen LogP contribution in [-0.4, -0.2) is 42.5 Å². The summed E-state index contributed by atoms with van der Waals surface area (Å²) in [7, 11) is 0. The van der Waals surface area contributed by atoms with E-state index in [4.69, 9.17) is 4.74 Å². The maximum absolute atomic E-state index is 12.3. The van der Waals surface area contributed by atoms with Gasteiger partial charge in [0.15, 0.2) is 0 Å². The van der Waals surface area contributed by atoms with Gasteiger partial charge in [-0.3, -0.25) is 9.59 Å². The first kappa shape index (κ1) is 19.4. The van der Waals surface area contributed by atoms with Crippen molar-refractivity contribution in [2.75, 3.05) is 19.7 Å². The molecule has 0 saturated carbocycles. The molecule has 1 fully saturated rings. The number of ether oxygens (including phenoxy) is 1. The van der Waals surface area contributed by atoms with Gasteiger partial charge in [-0.05, 0) is 49.3 Å². The molecule has 1 aromatic carbocycles. The van der Waals surface area contributed by atoms with Gasteiger partial charge in [-0.2, -0.15) is 0 Å². The molecule has 27 heavy (non-hydrogen) atoms. The SMILES string of the molecule is Cc1ccccc1OCCCC(=O)NC1CCN(C(=O)c2cccs2)CC1. The van der Waals surface area contributed by atoms with Crippen molar-refractivity contribution in [1.29, 1.82) is 0 Å². The van der Waals surface area contributed by atoms with Crippen molar-refractivity contribution >= 4 is 23.2 Å². The molecule has 0 bridgehead atoms. The molecule has 2 aromatic rings. The zero-order valence-corrected chi connectivity index (χ0v) is 16.5. The van der Waals surface area contributed by atoms with Gasteiger partial charge in [-0.15, -0.1) is 11.3 Å². The van der Waals surface area contributed by atoms with Crippen molar-refractivity contribution in [3.8, 4) is 5.75 Å². The molecular weight excluding hydrogens is 360 g/mol. The Morgan fingerprint density at radius 1 is 1.19 bits per heavy atom. The number of piperidine rings is 1. The first-order chi connectivity index (χ1) is 13.1. The number of carbonyl (C=O) groups is 2. The third kappa shape index (κ3) is 5.57. The van der Waals surface area contributed by atoms with Gasteiger partial charge >= 0.3 is 0 Å². The van der Waals surface area contributed by atoms with Crippen LogP contribution in [0.3, 0.4) is 0 Å². The Morgan fingerprint density at radius 3 is 2.67 bits per heavy atom. The highest BCUT2D eigenvalue weighted by molar-refractivity contribution is 7.12. The predicted octanol–water partition coefficient (Wildman–Crippen LogP) is 3.64. The van der Waals surface area contributed by atoms with E-state index in [9.17, 15) is 9.59 Å². The van der Waals surface area contributed by atoms with Crippen LogP contribution in [0.2, 0.25) is 0 Å². The fourth-order valence-electron chi connectivity index (χ4n) is 3.22. The van der Waals surface area contributed by atoms with Gasteiger partial charge in [0.1, 0.15) is 5.75 Å². The third-order valence-corrected chi connectivity index (χ3v) is 5.64. The topological polar surface area (TPSA) is 58.6 Å². The first-order valence-corrected chi connectivity index (χ1v) is 10.3. The molecule has 0 atom stereocenters. The second-order valence-electron chi connectivity index (χ2n) is 6.83. The van der Waals surface area contributed by atoms with Crippen molar-refractivity contribution in [1.82, 2.24) is 10.2 Å². The van der Waals surface area contributed by atoms with E-state index in [2.05, 4.69) is 5.32 Å². The summed E-state index contributed by atoms with van der Waals surface area (Å²) < 4.78 is 5.73. The van der Waals surface area contributed by atoms with E-state index >= 15 is 0 Å². The fraction of sp³-hybridized carbons (Fsp3) is 0.429. The number of amides is 2. The second kappa shape index (κ2) is 9.55. The highest BCUT2D eigenvalue weighted by Gasteiger charge is 2.24. The van der Waals surface area contributed by atoms with Crippen LogP contribution in [0.1, 0.15) is 40.9 Å². The van der Waals surface area contributed by atoms with Crippen molar-refractivity contribution in [3.63, 3.8) is 0 Å². The lowest BCUT2D eigenvalue weighted by molar-refractivity contribution is -0.122. The molecule has 1 aliphatic rings. The van der Waals surface area contributed by atoms with Crippen LogP contribution in [0.5, 0.6) is 5.75 Å². The van der Waals surface area contributed by atoms with Crippen molar-refractivity contribution in [2.45, 2.75) is 38.6 Å². The highest BCUT2D eigenvalue weighted by Crippen LogP contribution is 2.18. The molecule has 6 heteroatoms. The molecule has 0 spiro atoms. The van der Waals surface area contributed by atoms with Crippen molar-refractivity contribution < 1.29 is 14.3 Å². The minimum absolute atomic E-state index is 0.0615. The monoisotopic (exact) mass is 386 g/mol. The molecule has 0 unspecified atom stereocenters. The van der Waals surface area contributed by atoms with Crippen molar-refractivity contribution in [2.24, 2.45) is 0 Å². The summed E-state index contributed by atoms with van der Waals surface area (Å²) in [6, 6.07) is 11.8. The lowest BCUT2D eigenvalue weighted by atomic mass is 10.0. The van der Waals surface area contributed by atoms with Gasteiger partial charge in [-0.25, -0.2) is 0 Å². The summed E-state index contributed by atoms with van der Waals surface area (Å²) in [6.07, 6.45) is 2.77. The summed E-state index contributed by atoms with van der Waals surface area (Å²) in [5.41, 5.74) is 1.10.